The summed E-state index contributed by atoms with van der Waals surface area (Å²) in [4.78, 5) is 30.0. The number of rotatable bonds is 6. The normalized spacial score (nSPS) is 11.2. The van der Waals surface area contributed by atoms with E-state index in [1.54, 1.807) is 23.1 Å². The summed E-state index contributed by atoms with van der Waals surface area (Å²) in [7, 11) is 0. The topological polar surface area (TPSA) is 76.3 Å². The number of hydrogen-bond acceptors (Lipinski definition) is 5. The van der Waals surface area contributed by atoms with E-state index in [2.05, 4.69) is 13.0 Å². The Morgan fingerprint density at radius 2 is 1.81 bits per heavy atom. The lowest BCUT2D eigenvalue weighted by Gasteiger charge is -2.18. The van der Waals surface area contributed by atoms with Gasteiger partial charge >= 0.3 is 0 Å². The molecule has 0 N–H and O–H groups in total. The van der Waals surface area contributed by atoms with Crippen LogP contribution in [0, 0.1) is 24.0 Å². The molecule has 0 spiro atoms. The number of amides is 1. The first kappa shape index (κ1) is 21.4. The molecule has 1 aromatic heterocycles. The van der Waals surface area contributed by atoms with Gasteiger partial charge in [-0.1, -0.05) is 47.7 Å². The number of hydrogen-bond donors (Lipinski definition) is 0. The molecule has 0 aliphatic rings. The maximum atomic E-state index is 13.2. The third-order valence-corrected chi connectivity index (χ3v) is 6.24. The third kappa shape index (κ3) is 4.73. The van der Waals surface area contributed by atoms with Crippen LogP contribution in [0.15, 0.2) is 72.8 Å². The van der Waals surface area contributed by atoms with E-state index in [1.807, 2.05) is 43.3 Å². The van der Waals surface area contributed by atoms with Crippen molar-refractivity contribution in [2.75, 3.05) is 4.90 Å². The van der Waals surface area contributed by atoms with Crippen molar-refractivity contribution in [3.8, 4) is 0 Å². The number of benzene rings is 3. The molecule has 1 amide bonds. The minimum absolute atomic E-state index is 0.0133. The summed E-state index contributed by atoms with van der Waals surface area (Å²) < 4.78 is 1.07. The SMILES string of the molecule is Cc1cc(C)c2sc(N(Cc3ccccc3)C(=O)/C=C/c3ccc([N+](=O)[O-])cc3)nc2c1. The molecule has 0 fully saturated rings. The summed E-state index contributed by atoms with van der Waals surface area (Å²) >= 11 is 1.50. The van der Waals surface area contributed by atoms with Crippen LogP contribution in [0.2, 0.25) is 0 Å². The predicted molar refractivity (Wildman–Crippen MR) is 129 cm³/mol. The molecule has 4 rings (SSSR count). The lowest BCUT2D eigenvalue weighted by atomic mass is 10.1. The Balaban J connectivity index is 1.66. The van der Waals surface area contributed by atoms with Crippen molar-refractivity contribution in [2.24, 2.45) is 0 Å². The molecule has 0 atom stereocenters. The first-order chi connectivity index (χ1) is 15.4. The summed E-state index contributed by atoms with van der Waals surface area (Å²) in [6.45, 7) is 4.47. The van der Waals surface area contributed by atoms with E-state index in [-0.39, 0.29) is 11.6 Å². The largest absolute Gasteiger partial charge is 0.280 e. The average molecular weight is 444 g/mol. The number of non-ortho nitro benzene ring substituents is 1. The molecule has 1 heterocycles. The molecule has 160 valence electrons. The van der Waals surface area contributed by atoms with Crippen molar-refractivity contribution in [2.45, 2.75) is 20.4 Å². The molecule has 0 saturated carbocycles. The molecule has 0 saturated heterocycles. The molecule has 7 heteroatoms. The highest BCUT2D eigenvalue weighted by atomic mass is 32.1. The number of nitro benzene ring substituents is 1. The van der Waals surface area contributed by atoms with Crippen molar-refractivity contribution in [3.05, 3.63) is 105 Å². The third-order valence-electron chi connectivity index (χ3n) is 5.01. The Bertz CT molecular complexity index is 1310. The Morgan fingerprint density at radius 3 is 2.50 bits per heavy atom. The van der Waals surface area contributed by atoms with Crippen molar-refractivity contribution >= 4 is 44.4 Å². The van der Waals surface area contributed by atoms with E-state index in [9.17, 15) is 14.9 Å². The van der Waals surface area contributed by atoms with Gasteiger partial charge in [0.2, 0.25) is 0 Å². The molecule has 0 aliphatic heterocycles. The van der Waals surface area contributed by atoms with Crippen molar-refractivity contribution < 1.29 is 9.72 Å². The molecule has 0 radical (unpaired) electrons. The quantitative estimate of drug-likeness (QED) is 0.206. The van der Waals surface area contributed by atoms with Gasteiger partial charge in [-0.2, -0.15) is 0 Å². The van der Waals surface area contributed by atoms with Gasteiger partial charge in [0.05, 0.1) is 21.7 Å². The van der Waals surface area contributed by atoms with Crippen LogP contribution in [0.5, 0.6) is 0 Å². The van der Waals surface area contributed by atoms with Gasteiger partial charge in [0.1, 0.15) is 0 Å². The maximum Gasteiger partial charge on any atom is 0.269 e. The van der Waals surface area contributed by atoms with E-state index in [0.29, 0.717) is 17.2 Å². The van der Waals surface area contributed by atoms with Crippen LogP contribution in [0.25, 0.3) is 16.3 Å². The lowest BCUT2D eigenvalue weighted by molar-refractivity contribution is -0.384. The second kappa shape index (κ2) is 9.11. The van der Waals surface area contributed by atoms with Gasteiger partial charge in [-0.05, 0) is 60.4 Å². The van der Waals surface area contributed by atoms with Crippen molar-refractivity contribution in [1.29, 1.82) is 0 Å². The van der Waals surface area contributed by atoms with Crippen LogP contribution in [-0.2, 0) is 11.3 Å². The fourth-order valence-corrected chi connectivity index (χ4v) is 4.47. The first-order valence-electron chi connectivity index (χ1n) is 10.1. The highest BCUT2D eigenvalue weighted by Crippen LogP contribution is 2.33. The van der Waals surface area contributed by atoms with Crippen molar-refractivity contribution in [1.82, 2.24) is 4.98 Å². The standard InChI is InChI=1S/C25H21N3O3S/c1-17-14-18(2)24-22(15-17)26-25(32-24)27(16-20-6-4-3-5-7-20)23(29)13-10-19-8-11-21(12-9-19)28(30)31/h3-15H,16H2,1-2H3/b13-10+. The predicted octanol–water partition coefficient (Wildman–Crippen LogP) is 6.07. The number of carbonyl (C=O) groups excluding carboxylic acids is 1. The smallest absolute Gasteiger partial charge is 0.269 e. The summed E-state index contributed by atoms with van der Waals surface area (Å²) in [5.74, 6) is -0.208. The number of nitrogens with zero attached hydrogens (tertiary/aromatic N) is 3. The number of aromatic nitrogens is 1. The van der Waals surface area contributed by atoms with Crippen molar-refractivity contribution in [3.63, 3.8) is 0 Å². The molecule has 3 aromatic carbocycles. The molecule has 32 heavy (non-hydrogen) atoms. The minimum atomic E-state index is -0.447. The number of carbonyl (C=O) groups is 1. The number of fused-ring (bicyclic) bond motifs is 1. The Kier molecular flexibility index (Phi) is 6.09. The zero-order valence-corrected chi connectivity index (χ0v) is 18.5. The summed E-state index contributed by atoms with van der Waals surface area (Å²) in [6, 6.07) is 20.0. The molecule has 6 nitrogen and oxygen atoms in total. The fourth-order valence-electron chi connectivity index (χ4n) is 3.45. The minimum Gasteiger partial charge on any atom is -0.280 e. The van der Waals surface area contributed by atoms with Crippen LogP contribution < -0.4 is 4.90 Å². The van der Waals surface area contributed by atoms with Crippen LogP contribution in [0.4, 0.5) is 10.8 Å². The van der Waals surface area contributed by atoms with Gasteiger partial charge in [0.15, 0.2) is 5.13 Å². The number of thiazole rings is 1. The molecule has 0 aliphatic carbocycles. The van der Waals surface area contributed by atoms with E-state index in [4.69, 9.17) is 4.98 Å². The molecular weight excluding hydrogens is 422 g/mol. The number of anilines is 1. The average Bonchev–Trinajstić information content (AvgIpc) is 3.21. The number of aryl methyl sites for hydroxylation is 2. The Morgan fingerprint density at radius 1 is 1.09 bits per heavy atom. The Labute approximate surface area is 189 Å². The monoisotopic (exact) mass is 443 g/mol. The van der Waals surface area contributed by atoms with E-state index in [1.165, 1.54) is 29.5 Å². The number of nitro groups is 1. The summed E-state index contributed by atoms with van der Waals surface area (Å²) in [5.41, 5.74) is 4.87. The summed E-state index contributed by atoms with van der Waals surface area (Å²) in [5, 5.41) is 11.5. The molecule has 4 aromatic rings. The van der Waals surface area contributed by atoms with Gasteiger partial charge in [0, 0.05) is 18.2 Å². The van der Waals surface area contributed by atoms with E-state index < -0.39 is 4.92 Å². The van der Waals surface area contributed by atoms with Gasteiger partial charge in [-0.25, -0.2) is 4.98 Å². The van der Waals surface area contributed by atoms with Gasteiger partial charge in [-0.15, -0.1) is 0 Å². The molecular formula is C25H21N3O3S. The second-order valence-corrected chi connectivity index (χ2v) is 8.50. The van der Waals surface area contributed by atoms with Crippen LogP contribution >= 0.6 is 11.3 Å². The zero-order valence-electron chi connectivity index (χ0n) is 17.7. The lowest BCUT2D eigenvalue weighted by Crippen LogP contribution is -2.28. The highest BCUT2D eigenvalue weighted by Gasteiger charge is 2.19. The molecule has 0 bridgehead atoms. The van der Waals surface area contributed by atoms with E-state index in [0.717, 1.165) is 26.9 Å². The Hall–Kier alpha value is -3.84. The fraction of sp³-hybridized carbons (Fsp3) is 0.120. The maximum absolute atomic E-state index is 13.2. The van der Waals surface area contributed by atoms with Gasteiger partial charge in [0.25, 0.3) is 11.6 Å². The van der Waals surface area contributed by atoms with Gasteiger partial charge in [-0.3, -0.25) is 19.8 Å². The summed E-state index contributed by atoms with van der Waals surface area (Å²) in [6.07, 6.45) is 3.14. The van der Waals surface area contributed by atoms with Crippen LogP contribution in [0.1, 0.15) is 22.3 Å². The van der Waals surface area contributed by atoms with Crippen LogP contribution in [-0.4, -0.2) is 15.8 Å². The van der Waals surface area contributed by atoms with Crippen LogP contribution in [0.3, 0.4) is 0 Å². The highest BCUT2D eigenvalue weighted by molar-refractivity contribution is 7.22. The second-order valence-electron chi connectivity index (χ2n) is 7.52. The first-order valence-corrected chi connectivity index (χ1v) is 10.9. The molecule has 0 unspecified atom stereocenters. The van der Waals surface area contributed by atoms with Gasteiger partial charge < -0.3 is 0 Å². The zero-order chi connectivity index (χ0) is 22.7. The van der Waals surface area contributed by atoms with E-state index >= 15 is 0 Å².